The molecule has 0 aliphatic carbocycles. The average molecular weight is 282 g/mol. The standard InChI is InChI=1S/C16H14N2O3/c1-9-13(15(19)20)16(2)18(14(9)21-16)8-11-7-10-5-3-4-6-12(10)17-11/h3-8,14H,1-2H3,(H,19,20)/b11-8-. The van der Waals surface area contributed by atoms with Gasteiger partial charge in [-0.2, -0.15) is 0 Å². The summed E-state index contributed by atoms with van der Waals surface area (Å²) < 4.78 is 5.69. The number of hydrogen-bond donors (Lipinski definition) is 1. The number of allylic oxidation sites excluding steroid dienone is 1. The first-order chi connectivity index (χ1) is 10.0. The molecule has 4 heterocycles. The zero-order valence-corrected chi connectivity index (χ0v) is 11.7. The molecule has 0 aromatic heterocycles. The predicted octanol–water partition coefficient (Wildman–Crippen LogP) is 0.731. The summed E-state index contributed by atoms with van der Waals surface area (Å²) in [4.78, 5) is 17.9. The monoisotopic (exact) mass is 282 g/mol. The van der Waals surface area contributed by atoms with Crippen molar-refractivity contribution in [1.82, 2.24) is 4.90 Å². The maximum absolute atomic E-state index is 11.4. The normalized spacial score (nSPS) is 30.9. The fraction of sp³-hybridized carbons (Fsp3) is 0.250. The highest BCUT2D eigenvalue weighted by Crippen LogP contribution is 2.51. The van der Waals surface area contributed by atoms with Gasteiger partial charge in [-0.3, -0.25) is 0 Å². The van der Waals surface area contributed by atoms with Crippen molar-refractivity contribution in [2.24, 2.45) is 4.99 Å². The van der Waals surface area contributed by atoms with Crippen molar-refractivity contribution in [2.75, 3.05) is 0 Å². The van der Waals surface area contributed by atoms with E-state index >= 15 is 0 Å². The number of nitrogens with zero attached hydrogens (tertiary/aromatic N) is 2. The number of para-hydroxylation sites is 1. The quantitative estimate of drug-likeness (QED) is 0.868. The third-order valence-corrected chi connectivity index (χ3v) is 4.29. The summed E-state index contributed by atoms with van der Waals surface area (Å²) in [6.07, 6.45) is 3.58. The van der Waals surface area contributed by atoms with Crippen LogP contribution in [-0.4, -0.2) is 27.9 Å². The largest absolute Gasteiger partial charge is 0.478 e. The summed E-state index contributed by atoms with van der Waals surface area (Å²) in [7, 11) is 0. The van der Waals surface area contributed by atoms with Crippen LogP contribution in [0.5, 0.6) is 0 Å². The van der Waals surface area contributed by atoms with Crippen LogP contribution in [0.3, 0.4) is 0 Å². The number of carbonyl (C=O) groups is 1. The van der Waals surface area contributed by atoms with Crippen LogP contribution in [0.4, 0.5) is 0 Å². The molecule has 1 N–H and O–H groups in total. The summed E-state index contributed by atoms with van der Waals surface area (Å²) in [6.45, 7) is 3.59. The Morgan fingerprint density at radius 2 is 2.24 bits per heavy atom. The fourth-order valence-corrected chi connectivity index (χ4v) is 3.29. The number of benzene rings is 1. The molecule has 0 spiro atoms. The molecule has 2 unspecified atom stereocenters. The third-order valence-electron chi connectivity index (χ3n) is 4.29. The molecule has 106 valence electrons. The number of carboxylic acid groups (broad SMARTS) is 1. The molecule has 4 aliphatic heterocycles. The Balaban J connectivity index is 1.72. The van der Waals surface area contributed by atoms with Gasteiger partial charge in [0.05, 0.1) is 16.6 Å². The average Bonchev–Trinajstić information content (AvgIpc) is 3.01. The van der Waals surface area contributed by atoms with Gasteiger partial charge in [0.15, 0.2) is 12.0 Å². The lowest BCUT2D eigenvalue weighted by molar-refractivity contribution is -0.270. The summed E-state index contributed by atoms with van der Waals surface area (Å²) in [5.74, 6) is -0.922. The van der Waals surface area contributed by atoms with Crippen LogP contribution in [0.1, 0.15) is 13.8 Å². The third kappa shape index (κ3) is 1.49. The first-order valence-corrected chi connectivity index (χ1v) is 6.79. The van der Waals surface area contributed by atoms with E-state index in [0.717, 1.165) is 21.8 Å². The SMILES string of the molecule is CC1=C(C(=O)O)C2(C)OC1N2/C=C1/C=c2ccccc2=N1. The zero-order valence-electron chi connectivity index (χ0n) is 11.7. The molecule has 2 bridgehead atoms. The molecule has 4 aliphatic rings. The number of aliphatic carboxylic acids is 1. The topological polar surface area (TPSA) is 62.1 Å². The maximum Gasteiger partial charge on any atom is 0.336 e. The van der Waals surface area contributed by atoms with Crippen molar-refractivity contribution < 1.29 is 14.6 Å². The molecule has 5 nitrogen and oxygen atoms in total. The van der Waals surface area contributed by atoms with Gasteiger partial charge in [-0.25, -0.2) is 9.79 Å². The van der Waals surface area contributed by atoms with Gasteiger partial charge in [0.2, 0.25) is 0 Å². The van der Waals surface area contributed by atoms with Crippen LogP contribution in [0, 0.1) is 0 Å². The molecule has 0 radical (unpaired) electrons. The van der Waals surface area contributed by atoms with E-state index in [1.54, 1.807) is 6.92 Å². The summed E-state index contributed by atoms with van der Waals surface area (Å²) >= 11 is 0. The van der Waals surface area contributed by atoms with Gasteiger partial charge >= 0.3 is 5.97 Å². The van der Waals surface area contributed by atoms with E-state index in [9.17, 15) is 9.90 Å². The molecule has 5 rings (SSSR count). The van der Waals surface area contributed by atoms with Crippen LogP contribution in [0.15, 0.2) is 52.3 Å². The lowest BCUT2D eigenvalue weighted by Crippen LogP contribution is -2.60. The van der Waals surface area contributed by atoms with Crippen molar-refractivity contribution in [1.29, 1.82) is 0 Å². The Hall–Kier alpha value is -2.40. The molecule has 0 amide bonds. The van der Waals surface area contributed by atoms with E-state index in [1.807, 2.05) is 48.4 Å². The molecule has 21 heavy (non-hydrogen) atoms. The highest BCUT2D eigenvalue weighted by molar-refractivity contribution is 5.91. The van der Waals surface area contributed by atoms with Gasteiger partial charge in [0, 0.05) is 11.4 Å². The number of hydrogen-bond acceptors (Lipinski definition) is 4. The first-order valence-electron chi connectivity index (χ1n) is 6.79. The van der Waals surface area contributed by atoms with E-state index in [2.05, 4.69) is 4.99 Å². The molecular weight excluding hydrogens is 268 g/mol. The van der Waals surface area contributed by atoms with Gasteiger partial charge in [-0.1, -0.05) is 18.2 Å². The van der Waals surface area contributed by atoms with E-state index in [-0.39, 0.29) is 6.23 Å². The van der Waals surface area contributed by atoms with Crippen LogP contribution in [0.2, 0.25) is 0 Å². The van der Waals surface area contributed by atoms with Crippen molar-refractivity contribution in [2.45, 2.75) is 25.8 Å². The Morgan fingerprint density at radius 3 is 2.90 bits per heavy atom. The minimum Gasteiger partial charge on any atom is -0.478 e. The van der Waals surface area contributed by atoms with E-state index in [0.29, 0.717) is 5.57 Å². The van der Waals surface area contributed by atoms with Crippen LogP contribution in [-0.2, 0) is 9.53 Å². The predicted molar refractivity (Wildman–Crippen MR) is 75.2 cm³/mol. The smallest absolute Gasteiger partial charge is 0.336 e. The first kappa shape index (κ1) is 12.3. The second-order valence-corrected chi connectivity index (χ2v) is 5.59. The number of carboxylic acids is 1. The van der Waals surface area contributed by atoms with Gasteiger partial charge in [0.25, 0.3) is 0 Å². The highest BCUT2D eigenvalue weighted by Gasteiger charge is 2.61. The molecule has 1 fully saturated rings. The summed E-state index contributed by atoms with van der Waals surface area (Å²) in [5.41, 5.74) is 1.03. The Kier molecular flexibility index (Phi) is 2.25. The van der Waals surface area contributed by atoms with Crippen molar-refractivity contribution >= 4 is 12.0 Å². The van der Waals surface area contributed by atoms with Crippen LogP contribution in [0.25, 0.3) is 6.08 Å². The summed E-state index contributed by atoms with van der Waals surface area (Å²) in [5, 5.41) is 11.4. The zero-order chi connectivity index (χ0) is 14.8. The van der Waals surface area contributed by atoms with E-state index in [4.69, 9.17) is 4.74 Å². The maximum atomic E-state index is 11.4. The lowest BCUT2D eigenvalue weighted by atomic mass is 10.1. The summed E-state index contributed by atoms with van der Waals surface area (Å²) in [6, 6.07) is 7.89. The van der Waals surface area contributed by atoms with E-state index in [1.165, 1.54) is 0 Å². The van der Waals surface area contributed by atoms with Gasteiger partial charge in [-0.05, 0) is 31.6 Å². The molecule has 1 saturated heterocycles. The second-order valence-electron chi connectivity index (χ2n) is 5.59. The Bertz CT molecular complexity index is 816. The number of ether oxygens (including phenoxy) is 1. The Morgan fingerprint density at radius 1 is 1.48 bits per heavy atom. The molecule has 5 heteroatoms. The number of fused-ring (bicyclic) bond motifs is 1. The minimum atomic E-state index is -0.922. The van der Waals surface area contributed by atoms with Crippen molar-refractivity contribution in [3.05, 3.63) is 57.9 Å². The van der Waals surface area contributed by atoms with Crippen LogP contribution < -0.4 is 10.6 Å². The van der Waals surface area contributed by atoms with E-state index < -0.39 is 11.7 Å². The molecule has 2 atom stereocenters. The Labute approximate surface area is 121 Å². The minimum absolute atomic E-state index is 0.291. The fourth-order valence-electron chi connectivity index (χ4n) is 3.29. The molecule has 0 saturated carbocycles. The molecule has 1 aromatic carbocycles. The van der Waals surface area contributed by atoms with Crippen LogP contribution >= 0.6 is 0 Å². The van der Waals surface area contributed by atoms with Crippen molar-refractivity contribution in [3.63, 3.8) is 0 Å². The van der Waals surface area contributed by atoms with Gasteiger partial charge in [0.1, 0.15) is 0 Å². The highest BCUT2D eigenvalue weighted by atomic mass is 16.6. The van der Waals surface area contributed by atoms with Crippen molar-refractivity contribution in [3.8, 4) is 0 Å². The molecule has 1 aromatic rings. The number of rotatable bonds is 2. The molecular formula is C16H14N2O3. The van der Waals surface area contributed by atoms with Gasteiger partial charge < -0.3 is 14.7 Å². The lowest BCUT2D eigenvalue weighted by Gasteiger charge is -2.49. The second kappa shape index (κ2) is 3.83. The van der Waals surface area contributed by atoms with Gasteiger partial charge in [-0.15, -0.1) is 0 Å².